The van der Waals surface area contributed by atoms with Gasteiger partial charge in [-0.25, -0.2) is 4.21 Å². The largest absolute Gasteiger partial charge is 0.455 e. The van der Waals surface area contributed by atoms with Gasteiger partial charge in [0.1, 0.15) is 11.5 Å². The van der Waals surface area contributed by atoms with Gasteiger partial charge >= 0.3 is 0 Å². The molecule has 0 bridgehead atoms. The summed E-state index contributed by atoms with van der Waals surface area (Å²) in [5.41, 5.74) is 1.10. The van der Waals surface area contributed by atoms with Crippen molar-refractivity contribution in [2.24, 2.45) is 0 Å². The smallest absolute Gasteiger partial charge is 0.144 e. The van der Waals surface area contributed by atoms with E-state index in [0.29, 0.717) is 11.7 Å². The second kappa shape index (κ2) is 4.25. The minimum atomic E-state index is -1.15. The number of ether oxygens (including phenoxy) is 1. The van der Waals surface area contributed by atoms with Crippen LogP contribution in [-0.4, -0.2) is 4.21 Å². The van der Waals surface area contributed by atoms with E-state index in [1.165, 1.54) is 0 Å². The SMILES string of the molecule is CC(C)c1cccc2c1S(=O)c1ccccc1O2. The predicted octanol–water partition coefficient (Wildman–Crippen LogP) is 4.08. The van der Waals surface area contributed by atoms with Gasteiger partial charge in [-0.05, 0) is 29.7 Å². The first-order valence-electron chi connectivity index (χ1n) is 6.00. The fourth-order valence-electron chi connectivity index (χ4n) is 2.18. The van der Waals surface area contributed by atoms with Gasteiger partial charge in [0.25, 0.3) is 0 Å². The Morgan fingerprint density at radius 3 is 2.50 bits per heavy atom. The molecule has 2 nitrogen and oxygen atoms in total. The molecule has 0 aliphatic carbocycles. The summed E-state index contributed by atoms with van der Waals surface area (Å²) in [4.78, 5) is 1.59. The first kappa shape index (κ1) is 11.5. The maximum Gasteiger partial charge on any atom is 0.144 e. The first-order chi connectivity index (χ1) is 8.68. The Bertz CT molecular complexity index is 632. The van der Waals surface area contributed by atoms with E-state index in [9.17, 15) is 4.21 Å². The van der Waals surface area contributed by atoms with E-state index in [0.717, 1.165) is 21.1 Å². The fourth-order valence-corrected chi connectivity index (χ4v) is 3.71. The Hall–Kier alpha value is -1.61. The van der Waals surface area contributed by atoms with Crippen LogP contribution in [0.4, 0.5) is 0 Å². The molecule has 18 heavy (non-hydrogen) atoms. The van der Waals surface area contributed by atoms with Crippen molar-refractivity contribution in [1.82, 2.24) is 0 Å². The molecule has 1 heterocycles. The molecule has 0 fully saturated rings. The second-order valence-corrected chi connectivity index (χ2v) is 6.03. The van der Waals surface area contributed by atoms with E-state index in [1.807, 2.05) is 42.5 Å². The zero-order valence-electron chi connectivity index (χ0n) is 10.3. The summed E-state index contributed by atoms with van der Waals surface area (Å²) in [6, 6.07) is 13.4. The maximum absolute atomic E-state index is 12.7. The molecular weight excluding hydrogens is 244 g/mol. The fraction of sp³-hybridized carbons (Fsp3) is 0.200. The van der Waals surface area contributed by atoms with E-state index in [4.69, 9.17) is 4.74 Å². The summed E-state index contributed by atoms with van der Waals surface area (Å²) >= 11 is 0. The zero-order chi connectivity index (χ0) is 12.7. The van der Waals surface area contributed by atoms with Crippen molar-refractivity contribution in [1.29, 1.82) is 0 Å². The Morgan fingerprint density at radius 2 is 1.72 bits per heavy atom. The quantitative estimate of drug-likeness (QED) is 0.657. The number of rotatable bonds is 1. The molecule has 0 saturated heterocycles. The number of hydrogen-bond acceptors (Lipinski definition) is 2. The standard InChI is InChI=1S/C15H14O2S/c1-10(2)11-6-5-8-13-15(11)18(16)14-9-4-3-7-12(14)17-13/h3-10H,1-2H3. The highest BCUT2D eigenvalue weighted by Crippen LogP contribution is 2.43. The van der Waals surface area contributed by atoms with E-state index < -0.39 is 10.8 Å². The third kappa shape index (κ3) is 1.66. The molecule has 92 valence electrons. The van der Waals surface area contributed by atoms with Gasteiger partial charge < -0.3 is 4.74 Å². The van der Waals surface area contributed by atoms with Crippen molar-refractivity contribution in [2.45, 2.75) is 29.6 Å². The van der Waals surface area contributed by atoms with Crippen molar-refractivity contribution in [3.63, 3.8) is 0 Å². The summed E-state index contributed by atoms with van der Waals surface area (Å²) in [7, 11) is -1.15. The van der Waals surface area contributed by atoms with Gasteiger partial charge in [-0.15, -0.1) is 0 Å². The summed E-state index contributed by atoms with van der Waals surface area (Å²) in [6.45, 7) is 4.21. The van der Waals surface area contributed by atoms with Crippen molar-refractivity contribution in [3.8, 4) is 11.5 Å². The van der Waals surface area contributed by atoms with Gasteiger partial charge in [-0.3, -0.25) is 0 Å². The highest BCUT2D eigenvalue weighted by molar-refractivity contribution is 7.85. The second-order valence-electron chi connectivity index (χ2n) is 4.65. The summed E-state index contributed by atoms with van der Waals surface area (Å²) in [5, 5.41) is 0. The van der Waals surface area contributed by atoms with Crippen LogP contribution >= 0.6 is 0 Å². The van der Waals surface area contributed by atoms with Gasteiger partial charge in [0.15, 0.2) is 0 Å². The van der Waals surface area contributed by atoms with E-state index in [-0.39, 0.29) is 0 Å². The zero-order valence-corrected chi connectivity index (χ0v) is 11.2. The summed E-state index contributed by atoms with van der Waals surface area (Å²) in [6.07, 6.45) is 0. The molecule has 2 aromatic rings. The van der Waals surface area contributed by atoms with Crippen LogP contribution in [0.3, 0.4) is 0 Å². The average Bonchev–Trinajstić information content (AvgIpc) is 2.38. The Morgan fingerprint density at radius 1 is 1.00 bits per heavy atom. The van der Waals surface area contributed by atoms with Gasteiger partial charge in [0.05, 0.1) is 20.6 Å². The molecule has 0 spiro atoms. The molecule has 3 heteroatoms. The van der Waals surface area contributed by atoms with Crippen LogP contribution in [0.5, 0.6) is 11.5 Å². The summed E-state index contributed by atoms with van der Waals surface area (Å²) < 4.78 is 18.5. The van der Waals surface area contributed by atoms with E-state index in [1.54, 1.807) is 0 Å². The first-order valence-corrected chi connectivity index (χ1v) is 7.15. The molecule has 0 saturated carbocycles. The Kier molecular flexibility index (Phi) is 2.71. The molecule has 0 N–H and O–H groups in total. The third-order valence-electron chi connectivity index (χ3n) is 3.09. The van der Waals surface area contributed by atoms with Crippen LogP contribution in [0, 0.1) is 0 Å². The van der Waals surface area contributed by atoms with Crippen LogP contribution in [0.25, 0.3) is 0 Å². The lowest BCUT2D eigenvalue weighted by atomic mass is 10.0. The highest BCUT2D eigenvalue weighted by Gasteiger charge is 2.26. The van der Waals surface area contributed by atoms with Crippen LogP contribution in [0.15, 0.2) is 52.3 Å². The molecule has 0 amide bonds. The maximum atomic E-state index is 12.7. The normalized spacial score (nSPS) is 16.9. The minimum Gasteiger partial charge on any atom is -0.455 e. The van der Waals surface area contributed by atoms with Crippen molar-refractivity contribution < 1.29 is 8.95 Å². The van der Waals surface area contributed by atoms with E-state index in [2.05, 4.69) is 13.8 Å². The van der Waals surface area contributed by atoms with Crippen LogP contribution < -0.4 is 4.74 Å². The molecule has 2 aromatic carbocycles. The van der Waals surface area contributed by atoms with Gasteiger partial charge in [-0.2, -0.15) is 0 Å². The Labute approximate surface area is 109 Å². The number of benzene rings is 2. The lowest BCUT2D eigenvalue weighted by molar-refractivity contribution is 0.447. The minimum absolute atomic E-state index is 0.331. The molecular formula is C15H14O2S. The average molecular weight is 258 g/mol. The molecule has 1 aliphatic rings. The molecule has 1 aliphatic heterocycles. The number of fused-ring (bicyclic) bond motifs is 2. The summed E-state index contributed by atoms with van der Waals surface area (Å²) in [5.74, 6) is 1.75. The van der Waals surface area contributed by atoms with Crippen LogP contribution in [-0.2, 0) is 10.8 Å². The molecule has 0 radical (unpaired) electrons. The van der Waals surface area contributed by atoms with Crippen molar-refractivity contribution in [2.75, 3.05) is 0 Å². The molecule has 1 unspecified atom stereocenters. The molecule has 1 atom stereocenters. The van der Waals surface area contributed by atoms with Crippen LogP contribution in [0.1, 0.15) is 25.3 Å². The van der Waals surface area contributed by atoms with Crippen molar-refractivity contribution >= 4 is 10.8 Å². The lowest BCUT2D eigenvalue weighted by Gasteiger charge is -2.22. The van der Waals surface area contributed by atoms with Crippen LogP contribution in [0.2, 0.25) is 0 Å². The predicted molar refractivity (Wildman–Crippen MR) is 71.7 cm³/mol. The molecule has 3 rings (SSSR count). The van der Waals surface area contributed by atoms with Crippen molar-refractivity contribution in [3.05, 3.63) is 48.0 Å². The highest BCUT2D eigenvalue weighted by atomic mass is 32.2. The van der Waals surface area contributed by atoms with E-state index >= 15 is 0 Å². The third-order valence-corrected chi connectivity index (χ3v) is 4.63. The lowest BCUT2D eigenvalue weighted by Crippen LogP contribution is -2.08. The monoisotopic (exact) mass is 258 g/mol. The number of para-hydroxylation sites is 1. The topological polar surface area (TPSA) is 26.3 Å². The van der Waals surface area contributed by atoms with Gasteiger partial charge in [0.2, 0.25) is 0 Å². The number of hydrogen-bond donors (Lipinski definition) is 0. The van der Waals surface area contributed by atoms with Gasteiger partial charge in [-0.1, -0.05) is 38.1 Å². The molecule has 0 aromatic heterocycles. The van der Waals surface area contributed by atoms with Gasteiger partial charge in [0, 0.05) is 0 Å². The Balaban J connectivity index is 2.23.